The number of hydrogen-bond acceptors (Lipinski definition) is 3. The Kier molecular flexibility index (Phi) is 3.94. The van der Waals surface area contributed by atoms with E-state index in [1.165, 1.54) is 5.56 Å². The molecule has 1 amide bonds. The predicted molar refractivity (Wildman–Crippen MR) is 73.5 cm³/mol. The molecule has 0 radical (unpaired) electrons. The summed E-state index contributed by atoms with van der Waals surface area (Å²) < 4.78 is 0. The summed E-state index contributed by atoms with van der Waals surface area (Å²) in [6, 6.07) is 7.98. The fourth-order valence-corrected chi connectivity index (χ4v) is 2.16. The molecule has 0 spiro atoms. The number of thioether (sulfide) groups is 1. The van der Waals surface area contributed by atoms with Crippen molar-refractivity contribution in [2.75, 3.05) is 18.1 Å². The molecule has 0 saturated carbocycles. The molecule has 1 aliphatic rings. The first-order valence-corrected chi connectivity index (χ1v) is 7.14. The number of anilines is 1. The normalized spacial score (nSPS) is 19.3. The number of rotatable bonds is 4. The topological polar surface area (TPSA) is 41.1 Å². The van der Waals surface area contributed by atoms with Gasteiger partial charge >= 0.3 is 0 Å². The zero-order valence-electron chi connectivity index (χ0n) is 10.2. The van der Waals surface area contributed by atoms with E-state index in [2.05, 4.69) is 29.9 Å². The number of carbonyl (C=O) groups excluding carboxylic acids is 1. The van der Waals surface area contributed by atoms with Crippen LogP contribution >= 0.6 is 11.8 Å². The van der Waals surface area contributed by atoms with Gasteiger partial charge in [0.2, 0.25) is 5.91 Å². The molecule has 2 rings (SSSR count). The standard InChI is InChI=1S/C13H18N2OS/c1-9(17-2)8-14-13(16)12-7-10-5-3-4-6-11(10)15-12/h3-6,9,12,15H,7-8H2,1-2H3,(H,14,16)/t9?,12-/m0/s1. The van der Waals surface area contributed by atoms with Crippen LogP contribution in [0.2, 0.25) is 0 Å². The van der Waals surface area contributed by atoms with Crippen LogP contribution in [0.25, 0.3) is 0 Å². The predicted octanol–water partition coefficient (Wildman–Crippen LogP) is 1.89. The summed E-state index contributed by atoms with van der Waals surface area (Å²) >= 11 is 1.76. The van der Waals surface area contributed by atoms with E-state index < -0.39 is 0 Å². The van der Waals surface area contributed by atoms with Gasteiger partial charge in [-0.25, -0.2) is 0 Å². The van der Waals surface area contributed by atoms with Gasteiger partial charge in [-0.1, -0.05) is 25.1 Å². The van der Waals surface area contributed by atoms with Gasteiger partial charge in [0.15, 0.2) is 0 Å². The lowest BCUT2D eigenvalue weighted by Crippen LogP contribution is -2.40. The zero-order chi connectivity index (χ0) is 12.3. The van der Waals surface area contributed by atoms with Crippen LogP contribution in [0.3, 0.4) is 0 Å². The first-order chi connectivity index (χ1) is 8.20. The first-order valence-electron chi connectivity index (χ1n) is 5.85. The van der Waals surface area contributed by atoms with Crippen LogP contribution in [0, 0.1) is 0 Å². The summed E-state index contributed by atoms with van der Waals surface area (Å²) in [6.07, 6.45) is 2.84. The van der Waals surface area contributed by atoms with Gasteiger partial charge in [0.05, 0.1) is 0 Å². The number of nitrogens with one attached hydrogen (secondary N) is 2. The number of benzene rings is 1. The molecule has 1 aromatic carbocycles. The Morgan fingerprint density at radius 2 is 2.35 bits per heavy atom. The maximum Gasteiger partial charge on any atom is 0.242 e. The van der Waals surface area contributed by atoms with Crippen molar-refractivity contribution in [2.45, 2.75) is 24.6 Å². The lowest BCUT2D eigenvalue weighted by atomic mass is 10.1. The number of carbonyl (C=O) groups is 1. The molecular formula is C13H18N2OS. The Morgan fingerprint density at radius 3 is 3.06 bits per heavy atom. The van der Waals surface area contributed by atoms with Crippen molar-refractivity contribution in [1.29, 1.82) is 0 Å². The lowest BCUT2D eigenvalue weighted by Gasteiger charge is -2.14. The summed E-state index contributed by atoms with van der Waals surface area (Å²) in [4.78, 5) is 12.0. The molecule has 3 nitrogen and oxygen atoms in total. The van der Waals surface area contributed by atoms with Crippen molar-refractivity contribution < 1.29 is 4.79 Å². The average molecular weight is 250 g/mol. The van der Waals surface area contributed by atoms with Crippen molar-refractivity contribution in [3.8, 4) is 0 Å². The second-order valence-electron chi connectivity index (χ2n) is 4.35. The van der Waals surface area contributed by atoms with Crippen molar-refractivity contribution in [2.24, 2.45) is 0 Å². The largest absolute Gasteiger partial charge is 0.373 e. The third kappa shape index (κ3) is 2.94. The molecule has 4 heteroatoms. The highest BCUT2D eigenvalue weighted by Crippen LogP contribution is 2.25. The van der Waals surface area contributed by atoms with Crippen LogP contribution in [0.1, 0.15) is 12.5 Å². The van der Waals surface area contributed by atoms with Crippen molar-refractivity contribution in [3.05, 3.63) is 29.8 Å². The van der Waals surface area contributed by atoms with Crippen LogP contribution < -0.4 is 10.6 Å². The molecule has 0 bridgehead atoms. The molecule has 1 aliphatic heterocycles. The highest BCUT2D eigenvalue weighted by atomic mass is 32.2. The van der Waals surface area contributed by atoms with Gasteiger partial charge in [0.25, 0.3) is 0 Å². The third-order valence-electron chi connectivity index (χ3n) is 3.05. The molecule has 2 N–H and O–H groups in total. The molecule has 1 aromatic rings. The summed E-state index contributed by atoms with van der Waals surface area (Å²) in [7, 11) is 0. The average Bonchev–Trinajstić information content (AvgIpc) is 2.79. The molecule has 0 aromatic heterocycles. The van der Waals surface area contributed by atoms with E-state index in [9.17, 15) is 4.79 Å². The minimum atomic E-state index is -0.110. The highest BCUT2D eigenvalue weighted by molar-refractivity contribution is 7.99. The highest BCUT2D eigenvalue weighted by Gasteiger charge is 2.25. The summed E-state index contributed by atoms with van der Waals surface area (Å²) in [5.41, 5.74) is 2.32. The molecule has 17 heavy (non-hydrogen) atoms. The monoisotopic (exact) mass is 250 g/mol. The second-order valence-corrected chi connectivity index (χ2v) is 5.63. The van der Waals surface area contributed by atoms with E-state index in [0.29, 0.717) is 5.25 Å². The van der Waals surface area contributed by atoms with E-state index in [1.807, 2.05) is 18.2 Å². The van der Waals surface area contributed by atoms with Gasteiger partial charge in [0.1, 0.15) is 6.04 Å². The van der Waals surface area contributed by atoms with Crippen LogP contribution in [0.5, 0.6) is 0 Å². The minimum Gasteiger partial charge on any atom is -0.373 e. The third-order valence-corrected chi connectivity index (χ3v) is 4.03. The van der Waals surface area contributed by atoms with Crippen molar-refractivity contribution >= 4 is 23.4 Å². The lowest BCUT2D eigenvalue weighted by molar-refractivity contribution is -0.121. The van der Waals surface area contributed by atoms with Gasteiger partial charge in [-0.3, -0.25) is 4.79 Å². The van der Waals surface area contributed by atoms with Crippen LogP contribution in [-0.4, -0.2) is 30.0 Å². The molecule has 0 fully saturated rings. The minimum absolute atomic E-state index is 0.0992. The maximum absolute atomic E-state index is 12.0. The van der Waals surface area contributed by atoms with Gasteiger partial charge in [-0.15, -0.1) is 0 Å². The Balaban J connectivity index is 1.88. The van der Waals surface area contributed by atoms with Crippen molar-refractivity contribution in [1.82, 2.24) is 5.32 Å². The Bertz CT molecular complexity index is 383. The molecule has 1 unspecified atom stereocenters. The van der Waals surface area contributed by atoms with Gasteiger partial charge < -0.3 is 10.6 Å². The summed E-state index contributed by atoms with van der Waals surface area (Å²) in [5.74, 6) is 0.0992. The quantitative estimate of drug-likeness (QED) is 0.857. The van der Waals surface area contributed by atoms with Crippen LogP contribution in [0.15, 0.2) is 24.3 Å². The molecule has 1 heterocycles. The smallest absolute Gasteiger partial charge is 0.242 e. The van der Waals surface area contributed by atoms with E-state index in [-0.39, 0.29) is 11.9 Å². The summed E-state index contributed by atoms with van der Waals surface area (Å²) in [5, 5.41) is 6.71. The van der Waals surface area contributed by atoms with E-state index in [0.717, 1.165) is 18.7 Å². The fourth-order valence-electron chi connectivity index (χ4n) is 1.91. The molecule has 0 saturated heterocycles. The number of hydrogen-bond donors (Lipinski definition) is 2. The van der Waals surface area contributed by atoms with Gasteiger partial charge in [-0.2, -0.15) is 11.8 Å². The molecule has 2 atom stereocenters. The fraction of sp³-hybridized carbons (Fsp3) is 0.462. The van der Waals surface area contributed by atoms with Gasteiger partial charge in [-0.05, 0) is 17.9 Å². The van der Waals surface area contributed by atoms with Crippen molar-refractivity contribution in [3.63, 3.8) is 0 Å². The molecular weight excluding hydrogens is 232 g/mol. The first kappa shape index (κ1) is 12.3. The number of para-hydroxylation sites is 1. The van der Waals surface area contributed by atoms with E-state index >= 15 is 0 Å². The molecule has 0 aliphatic carbocycles. The van der Waals surface area contributed by atoms with Gasteiger partial charge in [0, 0.05) is 23.9 Å². The van der Waals surface area contributed by atoms with E-state index in [4.69, 9.17) is 0 Å². The van der Waals surface area contributed by atoms with Crippen LogP contribution in [0.4, 0.5) is 5.69 Å². The Labute approximate surface area is 106 Å². The van der Waals surface area contributed by atoms with E-state index in [1.54, 1.807) is 11.8 Å². The second kappa shape index (κ2) is 5.45. The Morgan fingerprint density at radius 1 is 1.59 bits per heavy atom. The zero-order valence-corrected chi connectivity index (χ0v) is 11.0. The SMILES string of the molecule is CSC(C)CNC(=O)[C@@H]1Cc2ccccc2N1. The maximum atomic E-state index is 12.0. The van der Waals surface area contributed by atoms with Crippen LogP contribution in [-0.2, 0) is 11.2 Å². The summed E-state index contributed by atoms with van der Waals surface area (Å²) in [6.45, 7) is 2.84. The number of amides is 1. The number of fused-ring (bicyclic) bond motifs is 1. The molecule has 92 valence electrons. The Hall–Kier alpha value is -1.16.